The number of hydrogen-bond donors (Lipinski definition) is 1. The molecule has 4 heteroatoms. The summed E-state index contributed by atoms with van der Waals surface area (Å²) >= 11 is 0. The fourth-order valence-corrected chi connectivity index (χ4v) is 2.36. The fourth-order valence-electron chi connectivity index (χ4n) is 2.36. The van der Waals surface area contributed by atoms with E-state index >= 15 is 0 Å². The number of hydrogen-bond acceptors (Lipinski definition) is 2. The third kappa shape index (κ3) is 1.36. The van der Waals surface area contributed by atoms with Crippen molar-refractivity contribution in [1.29, 1.82) is 0 Å². The second-order valence-electron chi connectivity index (χ2n) is 4.39. The summed E-state index contributed by atoms with van der Waals surface area (Å²) in [6, 6.07) is 0. The summed E-state index contributed by atoms with van der Waals surface area (Å²) in [7, 11) is 1.99. The molecule has 2 aliphatic heterocycles. The highest BCUT2D eigenvalue weighted by Crippen LogP contribution is 2.47. The molecule has 76 valence electrons. The first-order chi connectivity index (χ1) is 6.06. The summed E-state index contributed by atoms with van der Waals surface area (Å²) in [5.74, 6) is -2.49. The van der Waals surface area contributed by atoms with E-state index in [0.29, 0.717) is 19.4 Å². The standard InChI is InChI=1S/C9H16F2N2/c1-13-4-2-8(3-5-13)6-12-7-9(8,10)11/h12H,2-7H2,1H3. The van der Waals surface area contributed by atoms with E-state index in [9.17, 15) is 8.78 Å². The van der Waals surface area contributed by atoms with Gasteiger partial charge < -0.3 is 10.2 Å². The van der Waals surface area contributed by atoms with Gasteiger partial charge in [0.15, 0.2) is 0 Å². The number of nitrogens with one attached hydrogen (secondary N) is 1. The van der Waals surface area contributed by atoms with Crippen LogP contribution in [-0.2, 0) is 0 Å². The van der Waals surface area contributed by atoms with Crippen molar-refractivity contribution >= 4 is 0 Å². The number of piperidine rings is 1. The van der Waals surface area contributed by atoms with E-state index in [0.717, 1.165) is 13.1 Å². The Bertz CT molecular complexity index is 198. The van der Waals surface area contributed by atoms with Crippen molar-refractivity contribution in [3.8, 4) is 0 Å². The van der Waals surface area contributed by atoms with E-state index in [1.165, 1.54) is 0 Å². The van der Waals surface area contributed by atoms with Gasteiger partial charge in [0.25, 0.3) is 5.92 Å². The largest absolute Gasteiger partial charge is 0.310 e. The summed E-state index contributed by atoms with van der Waals surface area (Å²) in [5, 5.41) is 2.82. The lowest BCUT2D eigenvalue weighted by Gasteiger charge is -2.40. The monoisotopic (exact) mass is 190 g/mol. The topological polar surface area (TPSA) is 15.3 Å². The normalized spacial score (nSPS) is 32.5. The quantitative estimate of drug-likeness (QED) is 0.611. The summed E-state index contributed by atoms with van der Waals surface area (Å²) in [5.41, 5.74) is -0.737. The van der Waals surface area contributed by atoms with Gasteiger partial charge in [0.2, 0.25) is 0 Å². The SMILES string of the molecule is CN1CCC2(CC1)CNCC2(F)F. The van der Waals surface area contributed by atoms with Crippen LogP contribution in [0.5, 0.6) is 0 Å². The van der Waals surface area contributed by atoms with Crippen LogP contribution < -0.4 is 5.32 Å². The van der Waals surface area contributed by atoms with Crippen molar-refractivity contribution in [2.45, 2.75) is 18.8 Å². The predicted molar refractivity (Wildman–Crippen MR) is 47.0 cm³/mol. The average Bonchev–Trinajstić information content (AvgIpc) is 2.34. The zero-order valence-corrected chi connectivity index (χ0v) is 7.95. The smallest absolute Gasteiger partial charge is 0.267 e. The third-order valence-electron chi connectivity index (χ3n) is 3.53. The first-order valence-corrected chi connectivity index (χ1v) is 4.83. The molecule has 0 bridgehead atoms. The molecule has 13 heavy (non-hydrogen) atoms. The Morgan fingerprint density at radius 2 is 1.77 bits per heavy atom. The van der Waals surface area contributed by atoms with Gasteiger partial charge >= 0.3 is 0 Å². The lowest BCUT2D eigenvalue weighted by molar-refractivity contribution is -0.107. The van der Waals surface area contributed by atoms with Gasteiger partial charge in [-0.05, 0) is 33.0 Å². The van der Waals surface area contributed by atoms with Gasteiger partial charge in [-0.3, -0.25) is 0 Å². The molecule has 0 unspecified atom stereocenters. The van der Waals surface area contributed by atoms with Crippen LogP contribution in [0.1, 0.15) is 12.8 Å². The fraction of sp³-hybridized carbons (Fsp3) is 1.00. The highest BCUT2D eigenvalue weighted by Gasteiger charge is 2.57. The van der Waals surface area contributed by atoms with Crippen molar-refractivity contribution in [1.82, 2.24) is 10.2 Å². The molecule has 2 fully saturated rings. The van der Waals surface area contributed by atoms with Crippen LogP contribution in [-0.4, -0.2) is 44.0 Å². The van der Waals surface area contributed by atoms with Crippen LogP contribution in [0.4, 0.5) is 8.78 Å². The number of likely N-dealkylation sites (tertiary alicyclic amines) is 1. The molecule has 0 radical (unpaired) electrons. The number of nitrogens with zero attached hydrogens (tertiary/aromatic N) is 1. The van der Waals surface area contributed by atoms with E-state index in [2.05, 4.69) is 10.2 Å². The van der Waals surface area contributed by atoms with Gasteiger partial charge in [-0.25, -0.2) is 8.78 Å². The predicted octanol–water partition coefficient (Wildman–Crippen LogP) is 0.937. The van der Waals surface area contributed by atoms with Crippen molar-refractivity contribution < 1.29 is 8.78 Å². The first-order valence-electron chi connectivity index (χ1n) is 4.83. The van der Waals surface area contributed by atoms with Gasteiger partial charge in [0, 0.05) is 6.54 Å². The molecule has 2 saturated heterocycles. The van der Waals surface area contributed by atoms with Gasteiger partial charge in [0.05, 0.1) is 12.0 Å². The van der Waals surface area contributed by atoms with E-state index in [1.54, 1.807) is 0 Å². The second kappa shape index (κ2) is 2.89. The van der Waals surface area contributed by atoms with E-state index in [1.807, 2.05) is 7.05 Å². The molecular formula is C9H16F2N2. The van der Waals surface area contributed by atoms with Crippen molar-refractivity contribution in [2.75, 3.05) is 33.2 Å². The molecule has 0 saturated carbocycles. The van der Waals surface area contributed by atoms with Crippen molar-refractivity contribution in [2.24, 2.45) is 5.41 Å². The molecule has 0 aliphatic carbocycles. The summed E-state index contributed by atoms with van der Waals surface area (Å²) in [4.78, 5) is 2.12. The van der Waals surface area contributed by atoms with Crippen LogP contribution >= 0.6 is 0 Å². The molecular weight excluding hydrogens is 174 g/mol. The molecule has 2 aliphatic rings. The molecule has 1 spiro atoms. The minimum absolute atomic E-state index is 0.128. The summed E-state index contributed by atoms with van der Waals surface area (Å²) in [6.45, 7) is 1.97. The Hall–Kier alpha value is -0.220. The van der Waals surface area contributed by atoms with E-state index < -0.39 is 11.3 Å². The highest BCUT2D eigenvalue weighted by molar-refractivity contribution is 5.03. The number of alkyl halides is 2. The molecule has 0 aromatic rings. The van der Waals surface area contributed by atoms with Gasteiger partial charge in [-0.15, -0.1) is 0 Å². The Kier molecular flexibility index (Phi) is 2.07. The zero-order chi connectivity index (χ0) is 9.53. The highest BCUT2D eigenvalue weighted by atomic mass is 19.3. The van der Waals surface area contributed by atoms with E-state index in [4.69, 9.17) is 0 Å². The number of halogens is 2. The van der Waals surface area contributed by atoms with Crippen molar-refractivity contribution in [3.63, 3.8) is 0 Å². The molecule has 2 nitrogen and oxygen atoms in total. The van der Waals surface area contributed by atoms with Crippen LogP contribution in [0.2, 0.25) is 0 Å². The lowest BCUT2D eigenvalue weighted by Crippen LogP contribution is -2.48. The Balaban J connectivity index is 2.12. The number of rotatable bonds is 0. The van der Waals surface area contributed by atoms with E-state index in [-0.39, 0.29) is 6.54 Å². The minimum atomic E-state index is -2.49. The average molecular weight is 190 g/mol. The Morgan fingerprint density at radius 1 is 1.15 bits per heavy atom. The lowest BCUT2D eigenvalue weighted by atomic mass is 9.75. The van der Waals surface area contributed by atoms with Crippen LogP contribution in [0, 0.1) is 5.41 Å². The summed E-state index contributed by atoms with van der Waals surface area (Å²) in [6.07, 6.45) is 1.26. The maximum absolute atomic E-state index is 13.5. The Labute approximate surface area is 77.3 Å². The maximum Gasteiger partial charge on any atom is 0.267 e. The zero-order valence-electron chi connectivity index (χ0n) is 7.95. The first kappa shape index (κ1) is 9.34. The molecule has 0 amide bonds. The summed E-state index contributed by atoms with van der Waals surface area (Å²) < 4.78 is 27.1. The maximum atomic E-state index is 13.5. The van der Waals surface area contributed by atoms with Gasteiger partial charge in [-0.1, -0.05) is 0 Å². The van der Waals surface area contributed by atoms with Gasteiger partial charge in [0.1, 0.15) is 0 Å². The molecule has 2 rings (SSSR count). The molecule has 0 aromatic carbocycles. The van der Waals surface area contributed by atoms with Crippen LogP contribution in [0.15, 0.2) is 0 Å². The van der Waals surface area contributed by atoms with Crippen LogP contribution in [0.25, 0.3) is 0 Å². The van der Waals surface area contributed by atoms with Crippen molar-refractivity contribution in [3.05, 3.63) is 0 Å². The third-order valence-corrected chi connectivity index (χ3v) is 3.53. The minimum Gasteiger partial charge on any atom is -0.310 e. The van der Waals surface area contributed by atoms with Crippen LogP contribution in [0.3, 0.4) is 0 Å². The van der Waals surface area contributed by atoms with Gasteiger partial charge in [-0.2, -0.15) is 0 Å². The molecule has 2 heterocycles. The Morgan fingerprint density at radius 3 is 2.23 bits per heavy atom. The molecule has 0 aromatic heterocycles. The second-order valence-corrected chi connectivity index (χ2v) is 4.39. The molecule has 0 atom stereocenters. The molecule has 1 N–H and O–H groups in total.